The van der Waals surface area contributed by atoms with Gasteiger partial charge in [0, 0.05) is 24.3 Å². The van der Waals surface area contributed by atoms with Crippen molar-refractivity contribution in [3.05, 3.63) is 23.9 Å². The molecule has 0 aliphatic carbocycles. The third-order valence-electron chi connectivity index (χ3n) is 3.84. The standard InChI is InChI=1S/C14H22N2O3/c1-13(2,12(17)18)14(3,4)16-9-10-6-7-11(19-5)15-8-10/h6-8,16H,9H2,1-5H3,(H,17,18). The minimum atomic E-state index is -0.868. The van der Waals surface area contributed by atoms with Gasteiger partial charge < -0.3 is 15.2 Å². The maximum atomic E-state index is 11.3. The Morgan fingerprint density at radius 2 is 2.00 bits per heavy atom. The summed E-state index contributed by atoms with van der Waals surface area (Å²) in [5.74, 6) is -0.258. The molecule has 1 rings (SSSR count). The molecule has 1 heterocycles. The molecule has 0 unspecified atom stereocenters. The SMILES string of the molecule is COc1ccc(CNC(C)(C)C(C)(C)C(=O)O)cn1. The molecule has 2 N–H and O–H groups in total. The summed E-state index contributed by atoms with van der Waals surface area (Å²) in [5.41, 5.74) is -0.430. The van der Waals surface area contributed by atoms with Crippen molar-refractivity contribution >= 4 is 5.97 Å². The van der Waals surface area contributed by atoms with Crippen molar-refractivity contribution < 1.29 is 14.6 Å². The molecule has 106 valence electrons. The predicted molar refractivity (Wildman–Crippen MR) is 73.1 cm³/mol. The number of pyridine rings is 1. The Morgan fingerprint density at radius 3 is 2.42 bits per heavy atom. The number of hydrogen-bond donors (Lipinski definition) is 2. The first kappa shape index (κ1) is 15.4. The van der Waals surface area contributed by atoms with Crippen LogP contribution in [-0.2, 0) is 11.3 Å². The largest absolute Gasteiger partial charge is 0.481 e. The van der Waals surface area contributed by atoms with Crippen molar-refractivity contribution in [3.8, 4) is 5.88 Å². The molecule has 5 heteroatoms. The highest BCUT2D eigenvalue weighted by atomic mass is 16.5. The lowest BCUT2D eigenvalue weighted by Gasteiger charge is -2.39. The van der Waals surface area contributed by atoms with Gasteiger partial charge in [0.15, 0.2) is 0 Å². The molecule has 19 heavy (non-hydrogen) atoms. The number of carboxylic acids is 1. The summed E-state index contributed by atoms with van der Waals surface area (Å²) in [6.07, 6.45) is 1.72. The van der Waals surface area contributed by atoms with Gasteiger partial charge in [-0.25, -0.2) is 4.98 Å². The maximum Gasteiger partial charge on any atom is 0.310 e. The van der Waals surface area contributed by atoms with Crippen molar-refractivity contribution in [2.75, 3.05) is 7.11 Å². The summed E-state index contributed by atoms with van der Waals surface area (Å²) >= 11 is 0. The van der Waals surface area contributed by atoms with Gasteiger partial charge in [0.1, 0.15) is 0 Å². The molecule has 0 bridgehead atoms. The third kappa shape index (κ3) is 3.44. The Kier molecular flexibility index (Phi) is 4.52. The van der Waals surface area contributed by atoms with E-state index in [9.17, 15) is 9.90 Å². The zero-order chi connectivity index (χ0) is 14.7. The molecule has 0 saturated heterocycles. The Morgan fingerprint density at radius 1 is 1.37 bits per heavy atom. The summed E-state index contributed by atoms with van der Waals surface area (Å²) in [5, 5.41) is 12.5. The predicted octanol–water partition coefficient (Wildman–Crippen LogP) is 2.07. The van der Waals surface area contributed by atoms with Gasteiger partial charge in [-0.2, -0.15) is 0 Å². The smallest absolute Gasteiger partial charge is 0.310 e. The Balaban J connectivity index is 2.71. The zero-order valence-electron chi connectivity index (χ0n) is 12.2. The van der Waals surface area contributed by atoms with Crippen LogP contribution >= 0.6 is 0 Å². The number of carboxylic acid groups (broad SMARTS) is 1. The number of nitrogens with one attached hydrogen (secondary N) is 1. The number of methoxy groups -OCH3 is 1. The van der Waals surface area contributed by atoms with Crippen LogP contribution in [0.1, 0.15) is 33.3 Å². The molecule has 0 amide bonds. The van der Waals surface area contributed by atoms with Crippen molar-refractivity contribution in [2.45, 2.75) is 39.8 Å². The highest BCUT2D eigenvalue weighted by molar-refractivity contribution is 5.75. The molecule has 0 fully saturated rings. The van der Waals surface area contributed by atoms with Gasteiger partial charge in [-0.15, -0.1) is 0 Å². The van der Waals surface area contributed by atoms with Gasteiger partial charge in [0.25, 0.3) is 0 Å². The summed E-state index contributed by atoms with van der Waals surface area (Å²) in [6.45, 7) is 7.76. The molecule has 0 aliphatic rings. The molecule has 1 aromatic rings. The van der Waals surface area contributed by atoms with Crippen LogP contribution in [0.2, 0.25) is 0 Å². The van der Waals surface area contributed by atoms with Gasteiger partial charge in [0.05, 0.1) is 12.5 Å². The van der Waals surface area contributed by atoms with Gasteiger partial charge >= 0.3 is 5.97 Å². The highest BCUT2D eigenvalue weighted by Gasteiger charge is 2.42. The van der Waals surface area contributed by atoms with Crippen molar-refractivity contribution in [1.82, 2.24) is 10.3 Å². The number of ether oxygens (including phenoxy) is 1. The lowest BCUT2D eigenvalue weighted by Crippen LogP contribution is -2.54. The fourth-order valence-corrected chi connectivity index (χ4v) is 1.45. The number of aromatic nitrogens is 1. The number of hydrogen-bond acceptors (Lipinski definition) is 4. The summed E-state index contributed by atoms with van der Waals surface area (Å²) in [6, 6.07) is 3.69. The monoisotopic (exact) mass is 266 g/mol. The first-order valence-corrected chi connectivity index (χ1v) is 6.18. The highest BCUT2D eigenvalue weighted by Crippen LogP contribution is 2.30. The van der Waals surface area contributed by atoms with Gasteiger partial charge in [0.2, 0.25) is 5.88 Å². The van der Waals surface area contributed by atoms with Gasteiger partial charge in [-0.1, -0.05) is 6.07 Å². The quantitative estimate of drug-likeness (QED) is 0.824. The lowest BCUT2D eigenvalue weighted by molar-refractivity contribution is -0.151. The average Bonchev–Trinajstić information content (AvgIpc) is 2.36. The van der Waals surface area contributed by atoms with Crippen LogP contribution in [0.25, 0.3) is 0 Å². The van der Waals surface area contributed by atoms with E-state index in [1.165, 1.54) is 0 Å². The van der Waals surface area contributed by atoms with E-state index in [2.05, 4.69) is 10.3 Å². The van der Waals surface area contributed by atoms with Crippen LogP contribution in [0.5, 0.6) is 5.88 Å². The summed E-state index contributed by atoms with van der Waals surface area (Å²) in [4.78, 5) is 15.4. The molecule has 0 saturated carbocycles. The lowest BCUT2D eigenvalue weighted by atomic mass is 9.74. The van der Waals surface area contributed by atoms with E-state index in [4.69, 9.17) is 4.74 Å². The van der Waals surface area contributed by atoms with E-state index in [0.29, 0.717) is 12.4 Å². The second-order valence-electron chi connectivity index (χ2n) is 5.62. The normalized spacial score (nSPS) is 12.3. The van der Waals surface area contributed by atoms with Gasteiger partial charge in [-0.3, -0.25) is 4.79 Å². The topological polar surface area (TPSA) is 71.5 Å². The van der Waals surface area contributed by atoms with E-state index >= 15 is 0 Å². The summed E-state index contributed by atoms with van der Waals surface area (Å²) < 4.78 is 4.99. The van der Waals surface area contributed by atoms with E-state index in [1.807, 2.05) is 19.9 Å². The van der Waals surface area contributed by atoms with E-state index in [-0.39, 0.29) is 0 Å². The van der Waals surface area contributed by atoms with Crippen molar-refractivity contribution in [3.63, 3.8) is 0 Å². The average molecular weight is 266 g/mol. The number of nitrogens with zero attached hydrogens (tertiary/aromatic N) is 1. The van der Waals surface area contributed by atoms with E-state index < -0.39 is 16.9 Å². The van der Waals surface area contributed by atoms with E-state index in [1.54, 1.807) is 33.2 Å². The van der Waals surface area contributed by atoms with Gasteiger partial charge in [-0.05, 0) is 33.3 Å². The molecule has 0 spiro atoms. The maximum absolute atomic E-state index is 11.3. The minimum Gasteiger partial charge on any atom is -0.481 e. The molecular formula is C14H22N2O3. The molecular weight excluding hydrogens is 244 g/mol. The zero-order valence-corrected chi connectivity index (χ0v) is 12.2. The molecule has 0 aromatic carbocycles. The number of rotatable bonds is 6. The van der Waals surface area contributed by atoms with Crippen LogP contribution in [0, 0.1) is 5.41 Å². The Hall–Kier alpha value is -1.62. The van der Waals surface area contributed by atoms with E-state index in [0.717, 1.165) is 5.56 Å². The third-order valence-corrected chi connectivity index (χ3v) is 3.84. The molecule has 1 aromatic heterocycles. The van der Waals surface area contributed by atoms with Crippen molar-refractivity contribution in [1.29, 1.82) is 0 Å². The van der Waals surface area contributed by atoms with Crippen LogP contribution in [0.15, 0.2) is 18.3 Å². The molecule has 5 nitrogen and oxygen atoms in total. The van der Waals surface area contributed by atoms with Crippen LogP contribution in [0.4, 0.5) is 0 Å². The minimum absolute atomic E-state index is 0.543. The Labute approximate surface area is 114 Å². The van der Waals surface area contributed by atoms with Crippen LogP contribution in [-0.4, -0.2) is 28.7 Å². The molecule has 0 aliphatic heterocycles. The molecule has 0 atom stereocenters. The van der Waals surface area contributed by atoms with Crippen LogP contribution in [0.3, 0.4) is 0 Å². The number of carbonyl (C=O) groups is 1. The first-order valence-electron chi connectivity index (χ1n) is 6.18. The first-order chi connectivity index (χ1) is 8.70. The second-order valence-corrected chi connectivity index (χ2v) is 5.62. The fraction of sp³-hybridized carbons (Fsp3) is 0.571. The Bertz CT molecular complexity index is 439. The fourth-order valence-electron chi connectivity index (χ4n) is 1.45. The summed E-state index contributed by atoms with van der Waals surface area (Å²) in [7, 11) is 1.57. The van der Waals surface area contributed by atoms with Crippen LogP contribution < -0.4 is 10.1 Å². The van der Waals surface area contributed by atoms with Crippen molar-refractivity contribution in [2.24, 2.45) is 5.41 Å². The second kappa shape index (κ2) is 5.57. The molecule has 0 radical (unpaired) electrons. The number of aliphatic carboxylic acids is 1.